The molecule has 1 saturated heterocycles. The normalized spacial score (nSPS) is 19.5. The van der Waals surface area contributed by atoms with Crippen molar-refractivity contribution in [2.24, 2.45) is 5.92 Å². The molecule has 2 aliphatic rings. The molecule has 4 nitrogen and oxygen atoms in total. The SMILES string of the molecule is CC(C)c1ccccc1N1CC(C(=O)N2CCCc3ccccc32)CC1=O. The minimum Gasteiger partial charge on any atom is -0.312 e. The van der Waals surface area contributed by atoms with Crippen LogP contribution in [0.25, 0.3) is 0 Å². The maximum absolute atomic E-state index is 13.3. The average molecular weight is 362 g/mol. The summed E-state index contributed by atoms with van der Waals surface area (Å²) < 4.78 is 0. The number of aryl methyl sites for hydroxylation is 1. The number of hydrogen-bond donors (Lipinski definition) is 0. The second-order valence-corrected chi connectivity index (χ2v) is 7.84. The predicted octanol–water partition coefficient (Wildman–Crippen LogP) is 4.14. The number of benzene rings is 2. The van der Waals surface area contributed by atoms with E-state index in [1.165, 1.54) is 5.56 Å². The Balaban J connectivity index is 1.58. The van der Waals surface area contributed by atoms with E-state index in [1.54, 1.807) is 0 Å². The van der Waals surface area contributed by atoms with Crippen molar-refractivity contribution in [3.05, 3.63) is 59.7 Å². The van der Waals surface area contributed by atoms with Gasteiger partial charge in [0.05, 0.1) is 5.92 Å². The molecule has 0 saturated carbocycles. The molecule has 0 radical (unpaired) electrons. The lowest BCUT2D eigenvalue weighted by Gasteiger charge is -2.31. The first-order valence-electron chi connectivity index (χ1n) is 9.85. The highest BCUT2D eigenvalue weighted by Gasteiger charge is 2.39. The van der Waals surface area contributed by atoms with Gasteiger partial charge >= 0.3 is 0 Å². The first-order valence-corrected chi connectivity index (χ1v) is 9.85. The van der Waals surface area contributed by atoms with Crippen molar-refractivity contribution in [1.82, 2.24) is 0 Å². The Morgan fingerprint density at radius 3 is 2.52 bits per heavy atom. The van der Waals surface area contributed by atoms with Crippen LogP contribution in [0.4, 0.5) is 11.4 Å². The van der Waals surface area contributed by atoms with Crippen LogP contribution in [0.1, 0.15) is 43.7 Å². The number of amides is 2. The Bertz CT molecular complexity index is 874. The van der Waals surface area contributed by atoms with Gasteiger partial charge in [-0.2, -0.15) is 0 Å². The molecule has 2 aliphatic heterocycles. The Morgan fingerprint density at radius 2 is 1.74 bits per heavy atom. The molecule has 1 unspecified atom stereocenters. The van der Waals surface area contributed by atoms with Gasteiger partial charge in [-0.05, 0) is 42.0 Å². The Hall–Kier alpha value is -2.62. The molecular formula is C23H26N2O2. The molecule has 0 aromatic heterocycles. The first kappa shape index (κ1) is 17.8. The number of nitrogens with zero attached hydrogens (tertiary/aromatic N) is 2. The second-order valence-electron chi connectivity index (χ2n) is 7.84. The van der Waals surface area contributed by atoms with Gasteiger partial charge in [0.25, 0.3) is 0 Å². The van der Waals surface area contributed by atoms with E-state index < -0.39 is 0 Å². The van der Waals surface area contributed by atoms with Crippen LogP contribution < -0.4 is 9.80 Å². The fourth-order valence-corrected chi connectivity index (χ4v) is 4.31. The lowest BCUT2D eigenvalue weighted by atomic mass is 9.99. The van der Waals surface area contributed by atoms with Gasteiger partial charge in [-0.15, -0.1) is 0 Å². The maximum atomic E-state index is 13.3. The van der Waals surface area contributed by atoms with Crippen molar-refractivity contribution in [1.29, 1.82) is 0 Å². The van der Waals surface area contributed by atoms with E-state index in [0.29, 0.717) is 18.9 Å². The van der Waals surface area contributed by atoms with Crippen LogP contribution in [-0.4, -0.2) is 24.9 Å². The van der Waals surface area contributed by atoms with E-state index in [0.717, 1.165) is 36.3 Å². The zero-order valence-corrected chi connectivity index (χ0v) is 16.0. The predicted molar refractivity (Wildman–Crippen MR) is 108 cm³/mol. The number of hydrogen-bond acceptors (Lipinski definition) is 2. The van der Waals surface area contributed by atoms with Crippen molar-refractivity contribution in [2.45, 2.75) is 39.0 Å². The maximum Gasteiger partial charge on any atom is 0.232 e. The van der Waals surface area contributed by atoms with Crippen LogP contribution in [-0.2, 0) is 16.0 Å². The van der Waals surface area contributed by atoms with Crippen LogP contribution >= 0.6 is 0 Å². The van der Waals surface area contributed by atoms with Crippen molar-refractivity contribution in [2.75, 3.05) is 22.9 Å². The summed E-state index contributed by atoms with van der Waals surface area (Å²) in [5.41, 5.74) is 4.35. The third kappa shape index (κ3) is 3.25. The molecule has 2 aromatic rings. The minimum absolute atomic E-state index is 0.0479. The third-order valence-electron chi connectivity index (χ3n) is 5.70. The van der Waals surface area contributed by atoms with E-state index in [9.17, 15) is 9.59 Å². The van der Waals surface area contributed by atoms with E-state index in [1.807, 2.05) is 46.2 Å². The lowest BCUT2D eigenvalue weighted by molar-refractivity contribution is -0.124. The van der Waals surface area contributed by atoms with Gasteiger partial charge in [0.1, 0.15) is 0 Å². The van der Waals surface area contributed by atoms with Gasteiger partial charge in [-0.1, -0.05) is 50.2 Å². The largest absolute Gasteiger partial charge is 0.312 e. The summed E-state index contributed by atoms with van der Waals surface area (Å²) in [5, 5.41) is 0. The Morgan fingerprint density at radius 1 is 1.04 bits per heavy atom. The molecule has 0 bridgehead atoms. The molecule has 0 spiro atoms. The van der Waals surface area contributed by atoms with Crippen molar-refractivity contribution < 1.29 is 9.59 Å². The average Bonchev–Trinajstić information content (AvgIpc) is 3.08. The summed E-state index contributed by atoms with van der Waals surface area (Å²) in [6.45, 7) is 5.47. The molecule has 1 atom stereocenters. The topological polar surface area (TPSA) is 40.6 Å². The van der Waals surface area contributed by atoms with Crippen molar-refractivity contribution in [3.63, 3.8) is 0 Å². The van der Waals surface area contributed by atoms with Gasteiger partial charge in [0, 0.05) is 30.9 Å². The number of rotatable bonds is 3. The number of anilines is 2. The summed E-state index contributed by atoms with van der Waals surface area (Å²) in [6, 6.07) is 16.2. The summed E-state index contributed by atoms with van der Waals surface area (Å²) >= 11 is 0. The summed E-state index contributed by atoms with van der Waals surface area (Å²) in [7, 11) is 0. The smallest absolute Gasteiger partial charge is 0.232 e. The molecule has 0 N–H and O–H groups in total. The molecule has 4 heteroatoms. The minimum atomic E-state index is -0.274. The number of para-hydroxylation sites is 2. The standard InChI is InChI=1S/C23H26N2O2/c1-16(2)19-10-4-6-12-21(19)25-15-18(14-22(25)26)23(27)24-13-7-9-17-8-3-5-11-20(17)24/h3-6,8,10-12,16,18H,7,9,13-15H2,1-2H3. The van der Waals surface area contributed by atoms with Crippen LogP contribution in [0.15, 0.2) is 48.5 Å². The number of carbonyl (C=O) groups is 2. The van der Waals surface area contributed by atoms with Gasteiger partial charge in [0.15, 0.2) is 0 Å². The molecule has 4 rings (SSSR count). The van der Waals surface area contributed by atoms with E-state index in [2.05, 4.69) is 26.0 Å². The Labute approximate surface area is 160 Å². The zero-order chi connectivity index (χ0) is 19.0. The summed E-state index contributed by atoms with van der Waals surface area (Å²) in [4.78, 5) is 29.7. The molecular weight excluding hydrogens is 336 g/mol. The Kier molecular flexibility index (Phi) is 4.73. The van der Waals surface area contributed by atoms with Gasteiger partial charge in [0.2, 0.25) is 11.8 Å². The molecule has 0 aliphatic carbocycles. The fraction of sp³-hybridized carbons (Fsp3) is 0.391. The van der Waals surface area contributed by atoms with Crippen LogP contribution in [0.3, 0.4) is 0 Å². The lowest BCUT2D eigenvalue weighted by Crippen LogP contribution is -2.40. The quantitative estimate of drug-likeness (QED) is 0.823. The van der Waals surface area contributed by atoms with Gasteiger partial charge in [-0.25, -0.2) is 0 Å². The van der Waals surface area contributed by atoms with Crippen molar-refractivity contribution >= 4 is 23.2 Å². The molecule has 140 valence electrons. The monoisotopic (exact) mass is 362 g/mol. The molecule has 2 amide bonds. The highest BCUT2D eigenvalue weighted by Crippen LogP contribution is 2.34. The number of carbonyl (C=O) groups excluding carboxylic acids is 2. The highest BCUT2D eigenvalue weighted by molar-refractivity contribution is 6.05. The van der Waals surface area contributed by atoms with E-state index >= 15 is 0 Å². The third-order valence-corrected chi connectivity index (χ3v) is 5.70. The van der Waals surface area contributed by atoms with Gasteiger partial charge < -0.3 is 9.80 Å². The fourth-order valence-electron chi connectivity index (χ4n) is 4.31. The van der Waals surface area contributed by atoms with Crippen molar-refractivity contribution in [3.8, 4) is 0 Å². The van der Waals surface area contributed by atoms with Crippen LogP contribution in [0, 0.1) is 5.92 Å². The summed E-state index contributed by atoms with van der Waals surface area (Å²) in [5.74, 6) is 0.188. The molecule has 2 aromatic carbocycles. The summed E-state index contributed by atoms with van der Waals surface area (Å²) in [6.07, 6.45) is 2.28. The van der Waals surface area contributed by atoms with Crippen LogP contribution in [0.5, 0.6) is 0 Å². The molecule has 27 heavy (non-hydrogen) atoms. The molecule has 1 fully saturated rings. The zero-order valence-electron chi connectivity index (χ0n) is 16.0. The molecule has 2 heterocycles. The van der Waals surface area contributed by atoms with Crippen LogP contribution in [0.2, 0.25) is 0 Å². The highest BCUT2D eigenvalue weighted by atomic mass is 16.2. The van der Waals surface area contributed by atoms with Gasteiger partial charge in [-0.3, -0.25) is 9.59 Å². The second kappa shape index (κ2) is 7.18. The number of fused-ring (bicyclic) bond motifs is 1. The van der Waals surface area contributed by atoms with E-state index in [-0.39, 0.29) is 17.7 Å². The van der Waals surface area contributed by atoms with E-state index in [4.69, 9.17) is 0 Å². The first-order chi connectivity index (χ1) is 13.1.